The minimum absolute atomic E-state index is 0.272. The molecule has 0 aromatic heterocycles. The summed E-state index contributed by atoms with van der Waals surface area (Å²) in [5.41, 5.74) is 2.45. The molecule has 1 amide bonds. The van der Waals surface area contributed by atoms with Gasteiger partial charge in [-0.15, -0.1) is 0 Å². The minimum atomic E-state index is -0.632. The number of carbonyl (C=O) groups is 2. The van der Waals surface area contributed by atoms with E-state index in [2.05, 4.69) is 5.32 Å². The number of hydrogen-bond donors (Lipinski definition) is 1. The molecule has 29 heavy (non-hydrogen) atoms. The van der Waals surface area contributed by atoms with Crippen LogP contribution in [0.5, 0.6) is 0 Å². The Hall–Kier alpha value is -3.62. The van der Waals surface area contributed by atoms with Crippen molar-refractivity contribution in [3.8, 4) is 6.07 Å². The lowest BCUT2D eigenvalue weighted by atomic mass is 9.99. The fourth-order valence-corrected chi connectivity index (χ4v) is 2.88. The molecular formula is C23H17ClN2O3. The number of halogens is 1. The molecule has 0 saturated carbocycles. The topological polar surface area (TPSA) is 79.2 Å². The van der Waals surface area contributed by atoms with E-state index in [9.17, 15) is 9.59 Å². The van der Waals surface area contributed by atoms with E-state index in [1.165, 1.54) is 24.3 Å². The molecule has 0 aliphatic carbocycles. The second kappa shape index (κ2) is 9.54. The number of carbonyl (C=O) groups excluding carboxylic acids is 2. The van der Waals surface area contributed by atoms with E-state index >= 15 is 0 Å². The molecule has 3 rings (SSSR count). The molecule has 0 saturated heterocycles. The number of esters is 1. The van der Waals surface area contributed by atoms with Gasteiger partial charge >= 0.3 is 5.97 Å². The molecule has 0 radical (unpaired) electrons. The largest absolute Gasteiger partial charge is 0.452 e. The Balaban J connectivity index is 1.67. The molecule has 0 heterocycles. The molecule has 6 heteroatoms. The van der Waals surface area contributed by atoms with E-state index < -0.39 is 24.5 Å². The first-order valence-corrected chi connectivity index (χ1v) is 9.21. The Kier molecular flexibility index (Phi) is 6.62. The summed E-state index contributed by atoms with van der Waals surface area (Å²) in [7, 11) is 0. The summed E-state index contributed by atoms with van der Waals surface area (Å²) in [4.78, 5) is 24.6. The molecule has 1 atom stereocenters. The third-order valence-corrected chi connectivity index (χ3v) is 4.48. The molecule has 0 aliphatic rings. The van der Waals surface area contributed by atoms with Crippen LogP contribution in [0.2, 0.25) is 5.02 Å². The van der Waals surface area contributed by atoms with Crippen LogP contribution in [0.25, 0.3) is 0 Å². The molecule has 3 aromatic rings. The van der Waals surface area contributed by atoms with Crippen LogP contribution in [0, 0.1) is 11.3 Å². The van der Waals surface area contributed by atoms with Gasteiger partial charge in [-0.1, -0.05) is 54.1 Å². The fraction of sp³-hybridized carbons (Fsp3) is 0.0870. The van der Waals surface area contributed by atoms with Crippen molar-refractivity contribution in [3.63, 3.8) is 0 Å². The summed E-state index contributed by atoms with van der Waals surface area (Å²) in [6.45, 7) is -0.421. The van der Waals surface area contributed by atoms with Crippen LogP contribution < -0.4 is 5.32 Å². The van der Waals surface area contributed by atoms with Crippen LogP contribution >= 0.6 is 11.6 Å². The quantitative estimate of drug-likeness (QED) is 0.622. The van der Waals surface area contributed by atoms with E-state index in [4.69, 9.17) is 21.6 Å². The number of nitrogens with one attached hydrogen (secondary N) is 1. The normalized spacial score (nSPS) is 11.2. The summed E-state index contributed by atoms with van der Waals surface area (Å²) in [6, 6.07) is 24.2. The Morgan fingerprint density at radius 3 is 2.17 bits per heavy atom. The third-order valence-electron chi connectivity index (χ3n) is 4.23. The molecule has 0 spiro atoms. The van der Waals surface area contributed by atoms with Crippen molar-refractivity contribution in [2.45, 2.75) is 6.04 Å². The first-order chi connectivity index (χ1) is 14.1. The number of benzene rings is 3. The number of nitriles is 1. The third kappa shape index (κ3) is 5.44. The predicted molar refractivity (Wildman–Crippen MR) is 109 cm³/mol. The predicted octanol–water partition coefficient (Wildman–Crippen LogP) is 4.27. The Labute approximate surface area is 173 Å². The monoisotopic (exact) mass is 404 g/mol. The van der Waals surface area contributed by atoms with E-state index in [1.807, 2.05) is 48.5 Å². The lowest BCUT2D eigenvalue weighted by Crippen LogP contribution is -2.33. The second-order valence-corrected chi connectivity index (χ2v) is 6.66. The smallest absolute Gasteiger partial charge is 0.338 e. The zero-order chi connectivity index (χ0) is 20.6. The molecule has 1 N–H and O–H groups in total. The average molecular weight is 405 g/mol. The maximum atomic E-state index is 12.4. The van der Waals surface area contributed by atoms with Crippen molar-refractivity contribution in [2.24, 2.45) is 0 Å². The van der Waals surface area contributed by atoms with Crippen molar-refractivity contribution in [2.75, 3.05) is 6.61 Å². The highest BCUT2D eigenvalue weighted by Crippen LogP contribution is 2.23. The summed E-state index contributed by atoms with van der Waals surface area (Å²) in [5.74, 6) is -1.07. The Morgan fingerprint density at radius 1 is 0.931 bits per heavy atom. The van der Waals surface area contributed by atoms with Gasteiger partial charge in [0.1, 0.15) is 0 Å². The molecular weight excluding hydrogens is 388 g/mol. The zero-order valence-electron chi connectivity index (χ0n) is 15.3. The number of ether oxygens (including phenoxy) is 1. The van der Waals surface area contributed by atoms with Crippen LogP contribution in [0.1, 0.15) is 33.1 Å². The van der Waals surface area contributed by atoms with Crippen molar-refractivity contribution in [1.29, 1.82) is 5.26 Å². The minimum Gasteiger partial charge on any atom is -0.452 e. The zero-order valence-corrected chi connectivity index (χ0v) is 16.1. The second-order valence-electron chi connectivity index (χ2n) is 6.23. The van der Waals surface area contributed by atoms with Crippen LogP contribution in [0.3, 0.4) is 0 Å². The van der Waals surface area contributed by atoms with Gasteiger partial charge in [-0.3, -0.25) is 4.79 Å². The first-order valence-electron chi connectivity index (χ1n) is 8.84. The Morgan fingerprint density at radius 2 is 1.55 bits per heavy atom. The van der Waals surface area contributed by atoms with E-state index in [0.29, 0.717) is 10.6 Å². The summed E-state index contributed by atoms with van der Waals surface area (Å²) < 4.78 is 5.10. The average Bonchev–Trinajstić information content (AvgIpc) is 2.77. The lowest BCUT2D eigenvalue weighted by Gasteiger charge is -2.20. The van der Waals surface area contributed by atoms with Crippen LogP contribution in [-0.2, 0) is 9.53 Å². The summed E-state index contributed by atoms with van der Waals surface area (Å²) in [6.07, 6.45) is 0. The highest BCUT2D eigenvalue weighted by molar-refractivity contribution is 6.30. The summed E-state index contributed by atoms with van der Waals surface area (Å²) >= 11 is 5.97. The van der Waals surface area contributed by atoms with Crippen molar-refractivity contribution >= 4 is 23.5 Å². The van der Waals surface area contributed by atoms with Gasteiger partial charge in [0.05, 0.1) is 23.2 Å². The van der Waals surface area contributed by atoms with E-state index in [-0.39, 0.29) is 5.56 Å². The highest BCUT2D eigenvalue weighted by atomic mass is 35.5. The molecule has 3 aromatic carbocycles. The van der Waals surface area contributed by atoms with Gasteiger partial charge in [0.25, 0.3) is 5.91 Å². The van der Waals surface area contributed by atoms with Crippen LogP contribution in [-0.4, -0.2) is 18.5 Å². The van der Waals surface area contributed by atoms with Crippen LogP contribution in [0.4, 0.5) is 0 Å². The van der Waals surface area contributed by atoms with Gasteiger partial charge in [0, 0.05) is 5.02 Å². The van der Waals surface area contributed by atoms with Crippen molar-refractivity contribution in [3.05, 3.63) is 106 Å². The lowest BCUT2D eigenvalue weighted by molar-refractivity contribution is -0.124. The molecule has 0 fully saturated rings. The highest BCUT2D eigenvalue weighted by Gasteiger charge is 2.18. The number of hydrogen-bond acceptors (Lipinski definition) is 4. The molecule has 0 aliphatic heterocycles. The number of nitrogens with zero attached hydrogens (tertiary/aromatic N) is 1. The van der Waals surface area contributed by atoms with Crippen molar-refractivity contribution in [1.82, 2.24) is 5.32 Å². The number of amides is 1. The van der Waals surface area contributed by atoms with Gasteiger partial charge in [-0.2, -0.15) is 5.26 Å². The maximum Gasteiger partial charge on any atom is 0.338 e. The summed E-state index contributed by atoms with van der Waals surface area (Å²) in [5, 5.41) is 12.3. The molecule has 5 nitrogen and oxygen atoms in total. The van der Waals surface area contributed by atoms with Gasteiger partial charge in [0.15, 0.2) is 6.61 Å². The van der Waals surface area contributed by atoms with Gasteiger partial charge < -0.3 is 10.1 Å². The first kappa shape index (κ1) is 20.1. The molecule has 144 valence electrons. The Bertz CT molecular complexity index is 1030. The van der Waals surface area contributed by atoms with Crippen LogP contribution in [0.15, 0.2) is 78.9 Å². The molecule has 0 bridgehead atoms. The fourth-order valence-electron chi connectivity index (χ4n) is 2.76. The maximum absolute atomic E-state index is 12.4. The van der Waals surface area contributed by atoms with Gasteiger partial charge in [-0.05, 0) is 47.5 Å². The van der Waals surface area contributed by atoms with Crippen molar-refractivity contribution < 1.29 is 14.3 Å². The van der Waals surface area contributed by atoms with Gasteiger partial charge in [-0.25, -0.2) is 4.79 Å². The molecule has 1 unspecified atom stereocenters. The SMILES string of the molecule is N#Cc1ccc(C(=O)OCC(=O)NC(c2ccccc2)c2ccc(Cl)cc2)cc1. The standard InChI is InChI=1S/C23H17ClN2O3/c24-20-12-10-18(11-13-20)22(17-4-2-1-3-5-17)26-21(27)15-29-23(28)19-8-6-16(14-25)7-9-19/h1-13,22H,15H2,(H,26,27). The van der Waals surface area contributed by atoms with Gasteiger partial charge in [0.2, 0.25) is 0 Å². The number of rotatable bonds is 6. The van der Waals surface area contributed by atoms with E-state index in [0.717, 1.165) is 11.1 Å². The van der Waals surface area contributed by atoms with E-state index in [1.54, 1.807) is 12.1 Å².